The first-order chi connectivity index (χ1) is 14.4. The lowest BCUT2D eigenvalue weighted by atomic mass is 10.2. The van der Waals surface area contributed by atoms with Crippen molar-refractivity contribution in [2.24, 2.45) is 0 Å². The zero-order valence-electron chi connectivity index (χ0n) is 17.7. The molecule has 3 rings (SSSR count). The van der Waals surface area contributed by atoms with Crippen LogP contribution in [0.3, 0.4) is 0 Å². The second kappa shape index (κ2) is 9.30. The zero-order chi connectivity index (χ0) is 21.7. The van der Waals surface area contributed by atoms with Crippen molar-refractivity contribution >= 4 is 5.91 Å². The molecule has 0 fully saturated rings. The highest BCUT2D eigenvalue weighted by atomic mass is 16.5. The van der Waals surface area contributed by atoms with Gasteiger partial charge in [0.05, 0.1) is 26.3 Å². The molecule has 8 heteroatoms. The number of para-hydroxylation sites is 1. The number of carbonyl (C=O) groups is 1. The molecular formula is C22H25N3O5. The van der Waals surface area contributed by atoms with Crippen LogP contribution in [0.4, 0.5) is 0 Å². The molecule has 1 amide bonds. The lowest BCUT2D eigenvalue weighted by molar-refractivity contribution is -0.137. The third kappa shape index (κ3) is 4.71. The number of aromatic nitrogens is 2. The van der Waals surface area contributed by atoms with Crippen molar-refractivity contribution in [2.45, 2.75) is 26.5 Å². The predicted molar refractivity (Wildman–Crippen MR) is 111 cm³/mol. The highest BCUT2D eigenvalue weighted by molar-refractivity contribution is 5.80. The first kappa shape index (κ1) is 21.2. The third-order valence-electron chi connectivity index (χ3n) is 4.61. The molecule has 1 aromatic heterocycles. The maximum Gasteiger partial charge on any atom is 0.263 e. The van der Waals surface area contributed by atoms with Crippen LogP contribution in [-0.2, 0) is 11.3 Å². The monoisotopic (exact) mass is 411 g/mol. The van der Waals surface area contributed by atoms with Crippen molar-refractivity contribution in [2.75, 3.05) is 21.3 Å². The van der Waals surface area contributed by atoms with E-state index in [9.17, 15) is 4.79 Å². The Bertz CT molecular complexity index is 1020. The average molecular weight is 411 g/mol. The highest BCUT2D eigenvalue weighted by Gasteiger charge is 2.22. The fraction of sp³-hybridized carbons (Fsp3) is 0.318. The molecular weight excluding hydrogens is 386 g/mol. The minimum atomic E-state index is -0.653. The summed E-state index contributed by atoms with van der Waals surface area (Å²) in [7, 11) is 4.80. The van der Waals surface area contributed by atoms with Gasteiger partial charge in [0.25, 0.3) is 5.91 Å². The van der Waals surface area contributed by atoms with Crippen LogP contribution in [0.5, 0.6) is 17.2 Å². The highest BCUT2D eigenvalue weighted by Crippen LogP contribution is 2.31. The van der Waals surface area contributed by atoms with Crippen LogP contribution in [-0.4, -0.2) is 48.3 Å². The Labute approximate surface area is 175 Å². The van der Waals surface area contributed by atoms with Gasteiger partial charge in [-0.05, 0) is 37.6 Å². The number of likely N-dealkylation sites (N-methyl/N-ethyl adjacent to an activating group) is 1. The number of ether oxygens (including phenoxy) is 3. The van der Waals surface area contributed by atoms with Gasteiger partial charge in [-0.25, -0.2) is 0 Å². The zero-order valence-corrected chi connectivity index (χ0v) is 17.7. The topological polar surface area (TPSA) is 86.9 Å². The third-order valence-corrected chi connectivity index (χ3v) is 4.61. The molecule has 0 aliphatic carbocycles. The normalized spacial score (nSPS) is 11.6. The fourth-order valence-corrected chi connectivity index (χ4v) is 2.93. The van der Waals surface area contributed by atoms with Crippen LogP contribution in [0.15, 0.2) is 47.0 Å². The van der Waals surface area contributed by atoms with Crippen molar-refractivity contribution in [3.05, 3.63) is 53.9 Å². The smallest absolute Gasteiger partial charge is 0.263 e. The van der Waals surface area contributed by atoms with E-state index in [1.807, 2.05) is 31.2 Å². The number of benzene rings is 2. The Morgan fingerprint density at radius 3 is 2.60 bits per heavy atom. The maximum absolute atomic E-state index is 12.7. The van der Waals surface area contributed by atoms with E-state index in [0.717, 1.165) is 5.56 Å². The van der Waals surface area contributed by atoms with E-state index in [0.29, 0.717) is 34.5 Å². The summed E-state index contributed by atoms with van der Waals surface area (Å²) in [6, 6.07) is 12.9. The Morgan fingerprint density at radius 2 is 1.90 bits per heavy atom. The summed E-state index contributed by atoms with van der Waals surface area (Å²) in [5.74, 6) is 2.38. The summed E-state index contributed by atoms with van der Waals surface area (Å²) in [4.78, 5) is 18.6. The summed E-state index contributed by atoms with van der Waals surface area (Å²) < 4.78 is 21.7. The Morgan fingerprint density at radius 1 is 1.13 bits per heavy atom. The summed E-state index contributed by atoms with van der Waals surface area (Å²) in [5, 5.41) is 4.01. The molecule has 3 aromatic rings. The minimum absolute atomic E-state index is 0.159. The van der Waals surface area contributed by atoms with Gasteiger partial charge in [0.1, 0.15) is 17.2 Å². The van der Waals surface area contributed by atoms with Crippen molar-refractivity contribution in [3.8, 4) is 28.6 Å². The number of hydrogen-bond donors (Lipinski definition) is 0. The predicted octanol–water partition coefficient (Wildman–Crippen LogP) is 3.49. The van der Waals surface area contributed by atoms with Gasteiger partial charge in [-0.1, -0.05) is 23.4 Å². The Kier molecular flexibility index (Phi) is 6.56. The summed E-state index contributed by atoms with van der Waals surface area (Å²) >= 11 is 0. The van der Waals surface area contributed by atoms with Gasteiger partial charge in [0, 0.05) is 13.1 Å². The number of aryl methyl sites for hydroxylation is 1. The minimum Gasteiger partial charge on any atom is -0.497 e. The van der Waals surface area contributed by atoms with E-state index in [-0.39, 0.29) is 12.5 Å². The number of methoxy groups -OCH3 is 2. The van der Waals surface area contributed by atoms with E-state index in [1.165, 1.54) is 4.90 Å². The number of rotatable bonds is 8. The molecule has 1 heterocycles. The first-order valence-corrected chi connectivity index (χ1v) is 9.45. The molecule has 0 saturated heterocycles. The van der Waals surface area contributed by atoms with Crippen LogP contribution < -0.4 is 14.2 Å². The van der Waals surface area contributed by atoms with Gasteiger partial charge in [-0.15, -0.1) is 0 Å². The number of hydrogen-bond acceptors (Lipinski definition) is 7. The van der Waals surface area contributed by atoms with Crippen LogP contribution in [0.2, 0.25) is 0 Å². The average Bonchev–Trinajstić information content (AvgIpc) is 3.22. The first-order valence-electron chi connectivity index (χ1n) is 9.45. The van der Waals surface area contributed by atoms with Crippen molar-refractivity contribution in [1.82, 2.24) is 15.0 Å². The largest absolute Gasteiger partial charge is 0.497 e. The summed E-state index contributed by atoms with van der Waals surface area (Å²) in [6.45, 7) is 3.81. The van der Waals surface area contributed by atoms with Crippen LogP contribution in [0, 0.1) is 6.92 Å². The summed E-state index contributed by atoms with van der Waals surface area (Å²) in [5.41, 5.74) is 1.63. The molecule has 0 aliphatic heterocycles. The molecule has 158 valence electrons. The lowest BCUT2D eigenvalue weighted by Gasteiger charge is -2.21. The maximum atomic E-state index is 12.7. The molecule has 0 aliphatic rings. The molecule has 8 nitrogen and oxygen atoms in total. The van der Waals surface area contributed by atoms with E-state index < -0.39 is 6.10 Å². The fourth-order valence-electron chi connectivity index (χ4n) is 2.93. The molecule has 0 spiro atoms. The number of carbonyl (C=O) groups excluding carboxylic acids is 1. The van der Waals surface area contributed by atoms with Crippen molar-refractivity contribution in [3.63, 3.8) is 0 Å². The number of amides is 1. The standard InChI is InChI=1S/C22H25N3O5/c1-14-8-6-7-9-18(14)29-15(2)22(26)25(3)13-20-23-21(24-30-20)17-11-10-16(27-4)12-19(17)28-5/h6-12,15H,13H2,1-5H3. The van der Waals surface area contributed by atoms with Crippen LogP contribution >= 0.6 is 0 Å². The van der Waals surface area contributed by atoms with Gasteiger partial charge in [0.2, 0.25) is 11.7 Å². The van der Waals surface area contributed by atoms with Gasteiger partial charge < -0.3 is 23.6 Å². The van der Waals surface area contributed by atoms with Crippen molar-refractivity contribution in [1.29, 1.82) is 0 Å². The van der Waals surface area contributed by atoms with Crippen molar-refractivity contribution < 1.29 is 23.5 Å². The Balaban J connectivity index is 1.68. The van der Waals surface area contributed by atoms with Gasteiger partial charge in [-0.2, -0.15) is 4.98 Å². The van der Waals surface area contributed by atoms with Crippen LogP contribution in [0.1, 0.15) is 18.4 Å². The lowest BCUT2D eigenvalue weighted by Crippen LogP contribution is -2.37. The van der Waals surface area contributed by atoms with E-state index in [4.69, 9.17) is 18.7 Å². The molecule has 0 N–H and O–H groups in total. The quantitative estimate of drug-likeness (QED) is 0.561. The molecule has 0 bridgehead atoms. The molecule has 0 radical (unpaired) electrons. The second-order valence-corrected chi connectivity index (χ2v) is 6.80. The molecule has 2 aromatic carbocycles. The van der Waals surface area contributed by atoms with Crippen LogP contribution in [0.25, 0.3) is 11.4 Å². The Hall–Kier alpha value is -3.55. The van der Waals surface area contributed by atoms with Gasteiger partial charge >= 0.3 is 0 Å². The summed E-state index contributed by atoms with van der Waals surface area (Å²) in [6.07, 6.45) is -0.653. The molecule has 30 heavy (non-hydrogen) atoms. The molecule has 1 atom stereocenters. The van der Waals surface area contributed by atoms with E-state index >= 15 is 0 Å². The molecule has 1 unspecified atom stereocenters. The van der Waals surface area contributed by atoms with Gasteiger partial charge in [-0.3, -0.25) is 4.79 Å². The second-order valence-electron chi connectivity index (χ2n) is 6.80. The number of nitrogens with zero attached hydrogens (tertiary/aromatic N) is 3. The molecule has 0 saturated carbocycles. The SMILES string of the molecule is COc1ccc(-c2noc(CN(C)C(=O)C(C)Oc3ccccc3C)n2)c(OC)c1. The van der Waals surface area contributed by atoms with E-state index in [2.05, 4.69) is 10.1 Å². The van der Waals surface area contributed by atoms with E-state index in [1.54, 1.807) is 46.4 Å². The van der Waals surface area contributed by atoms with Gasteiger partial charge in [0.15, 0.2) is 6.10 Å².